The number of anilines is 1. The van der Waals surface area contributed by atoms with Crippen LogP contribution in [0.1, 0.15) is 23.7 Å². The third-order valence-electron chi connectivity index (χ3n) is 4.28. The number of carbonyl (C=O) groups is 3. The molecule has 0 spiro atoms. The van der Waals surface area contributed by atoms with Gasteiger partial charge in [-0.2, -0.15) is 0 Å². The Hall–Kier alpha value is -3.61. The molecule has 0 bridgehead atoms. The first kappa shape index (κ1) is 25.6. The van der Waals surface area contributed by atoms with Crippen molar-refractivity contribution in [2.75, 3.05) is 24.2 Å². The van der Waals surface area contributed by atoms with E-state index in [9.17, 15) is 37.7 Å². The summed E-state index contributed by atoms with van der Waals surface area (Å²) in [5.41, 5.74) is 4.07. The maximum atomic E-state index is 13.8. The molecule has 0 unspecified atom stereocenters. The number of carbonyl (C=O) groups excluding carboxylic acids is 3. The molecule has 0 aliphatic heterocycles. The lowest BCUT2D eigenvalue weighted by Gasteiger charge is -2.21. The molecule has 13 heteroatoms. The van der Waals surface area contributed by atoms with Crippen molar-refractivity contribution in [1.82, 2.24) is 4.90 Å². The predicted octanol–water partition coefficient (Wildman–Crippen LogP) is 3.08. The van der Waals surface area contributed by atoms with E-state index in [1.54, 1.807) is 6.92 Å². The zero-order valence-corrected chi connectivity index (χ0v) is 18.1. The second kappa shape index (κ2) is 11.3. The summed E-state index contributed by atoms with van der Waals surface area (Å²) in [6, 6.07) is 5.08. The van der Waals surface area contributed by atoms with E-state index in [-0.39, 0.29) is 22.8 Å². The quantitative estimate of drug-likeness (QED) is 0.230. The van der Waals surface area contributed by atoms with Crippen molar-refractivity contribution in [3.05, 3.63) is 63.5 Å². The van der Waals surface area contributed by atoms with Crippen LogP contribution in [0.4, 0.5) is 24.5 Å². The summed E-state index contributed by atoms with van der Waals surface area (Å²) in [6.07, 6.45) is 0.469. The summed E-state index contributed by atoms with van der Waals surface area (Å²) in [7, 11) is 0. The molecular formula is C20H19F3N4O5S. The SMILES string of the molecule is CCCN(CC(=O)Nc1ccc(F)c(F)c1F)C(=O)CSc1ccc(C(N)=O)cc1[N+](=O)[O-]. The smallest absolute Gasteiger partial charge is 0.283 e. The molecular weight excluding hydrogens is 465 g/mol. The van der Waals surface area contributed by atoms with Crippen molar-refractivity contribution in [2.24, 2.45) is 5.73 Å². The minimum Gasteiger partial charge on any atom is -0.366 e. The molecule has 3 N–H and O–H groups in total. The largest absolute Gasteiger partial charge is 0.366 e. The van der Waals surface area contributed by atoms with Crippen LogP contribution < -0.4 is 11.1 Å². The molecule has 0 fully saturated rings. The Morgan fingerprint density at radius 1 is 1.15 bits per heavy atom. The molecule has 33 heavy (non-hydrogen) atoms. The number of hydrogen-bond donors (Lipinski definition) is 2. The molecule has 0 saturated carbocycles. The van der Waals surface area contributed by atoms with Crippen LogP contribution in [-0.4, -0.2) is 46.4 Å². The first-order valence-corrected chi connectivity index (χ1v) is 10.5. The number of primary amides is 1. The minimum atomic E-state index is -1.74. The van der Waals surface area contributed by atoms with E-state index in [1.165, 1.54) is 12.1 Å². The Morgan fingerprint density at radius 2 is 1.85 bits per heavy atom. The summed E-state index contributed by atoms with van der Waals surface area (Å²) in [5, 5.41) is 13.4. The number of halogens is 3. The number of nitro benzene ring substituents is 1. The molecule has 0 aromatic heterocycles. The van der Waals surface area contributed by atoms with Gasteiger partial charge in [-0.3, -0.25) is 24.5 Å². The Kier molecular flexibility index (Phi) is 8.79. The van der Waals surface area contributed by atoms with E-state index >= 15 is 0 Å². The number of rotatable bonds is 10. The van der Waals surface area contributed by atoms with Crippen molar-refractivity contribution in [1.29, 1.82) is 0 Å². The molecule has 2 aromatic rings. The molecule has 0 heterocycles. The number of nitro groups is 1. The van der Waals surface area contributed by atoms with Gasteiger partial charge in [-0.25, -0.2) is 13.2 Å². The number of amides is 3. The fourth-order valence-corrected chi connectivity index (χ4v) is 3.62. The molecule has 176 valence electrons. The van der Waals surface area contributed by atoms with Gasteiger partial charge in [0.25, 0.3) is 5.69 Å². The highest BCUT2D eigenvalue weighted by atomic mass is 32.2. The monoisotopic (exact) mass is 484 g/mol. The molecule has 9 nitrogen and oxygen atoms in total. The zero-order chi connectivity index (χ0) is 24.7. The highest BCUT2D eigenvalue weighted by molar-refractivity contribution is 8.00. The highest BCUT2D eigenvalue weighted by Crippen LogP contribution is 2.30. The average molecular weight is 484 g/mol. The number of nitrogens with zero attached hydrogens (tertiary/aromatic N) is 2. The zero-order valence-electron chi connectivity index (χ0n) is 17.3. The number of benzene rings is 2. The normalized spacial score (nSPS) is 10.5. The number of nitrogens with one attached hydrogen (secondary N) is 1. The molecule has 0 atom stereocenters. The van der Waals surface area contributed by atoms with Crippen molar-refractivity contribution < 1.29 is 32.5 Å². The fraction of sp³-hybridized carbons (Fsp3) is 0.250. The number of thioether (sulfide) groups is 1. The molecule has 2 rings (SSSR count). The maximum Gasteiger partial charge on any atom is 0.283 e. The molecule has 0 radical (unpaired) electrons. The summed E-state index contributed by atoms with van der Waals surface area (Å²) in [4.78, 5) is 47.9. The standard InChI is InChI=1S/C20H19F3N4O5S/c1-2-7-26(9-16(28)25-13-5-4-12(21)18(22)19(13)23)17(29)10-33-15-6-3-11(20(24)30)8-14(15)27(31)32/h3-6,8H,2,7,9-10H2,1H3,(H2,24,30)(H,25,28). The van der Waals surface area contributed by atoms with Gasteiger partial charge in [0.15, 0.2) is 17.5 Å². The van der Waals surface area contributed by atoms with Crippen LogP contribution in [0.2, 0.25) is 0 Å². The average Bonchev–Trinajstić information content (AvgIpc) is 2.77. The van der Waals surface area contributed by atoms with Crippen LogP contribution >= 0.6 is 11.8 Å². The van der Waals surface area contributed by atoms with E-state index in [0.29, 0.717) is 12.5 Å². The van der Waals surface area contributed by atoms with E-state index in [2.05, 4.69) is 5.32 Å². The molecule has 3 amide bonds. The summed E-state index contributed by atoms with van der Waals surface area (Å²) in [5.74, 6) is -7.23. The van der Waals surface area contributed by atoms with Crippen molar-refractivity contribution in [3.63, 3.8) is 0 Å². The molecule has 0 aliphatic carbocycles. The van der Waals surface area contributed by atoms with Gasteiger partial charge in [-0.15, -0.1) is 11.8 Å². The summed E-state index contributed by atoms with van der Waals surface area (Å²) in [6.45, 7) is 1.39. The van der Waals surface area contributed by atoms with Crippen molar-refractivity contribution >= 4 is 40.9 Å². The minimum absolute atomic E-state index is 0.0638. The first-order chi connectivity index (χ1) is 15.5. The predicted molar refractivity (Wildman–Crippen MR) is 114 cm³/mol. The van der Waals surface area contributed by atoms with Crippen LogP contribution in [-0.2, 0) is 9.59 Å². The fourth-order valence-electron chi connectivity index (χ4n) is 2.71. The Bertz CT molecular complexity index is 1100. The Labute approximate surface area is 190 Å². The Morgan fingerprint density at radius 3 is 2.45 bits per heavy atom. The Balaban J connectivity index is 2.08. The third kappa shape index (κ3) is 6.68. The van der Waals surface area contributed by atoms with Gasteiger partial charge < -0.3 is 16.0 Å². The topological polar surface area (TPSA) is 136 Å². The molecule has 0 saturated heterocycles. The second-order valence-corrected chi connectivity index (χ2v) is 7.70. The highest BCUT2D eigenvalue weighted by Gasteiger charge is 2.22. The van der Waals surface area contributed by atoms with Gasteiger partial charge in [0.2, 0.25) is 17.7 Å². The first-order valence-electron chi connectivity index (χ1n) is 9.47. The van der Waals surface area contributed by atoms with Gasteiger partial charge >= 0.3 is 0 Å². The van der Waals surface area contributed by atoms with E-state index in [1.807, 2.05) is 0 Å². The van der Waals surface area contributed by atoms with Gasteiger partial charge in [0.1, 0.15) is 0 Å². The molecule has 2 aromatic carbocycles. The maximum absolute atomic E-state index is 13.8. The summed E-state index contributed by atoms with van der Waals surface area (Å²) >= 11 is 0.827. The number of nitrogens with two attached hydrogens (primary N) is 1. The van der Waals surface area contributed by atoms with Crippen molar-refractivity contribution in [2.45, 2.75) is 18.2 Å². The van der Waals surface area contributed by atoms with E-state index in [4.69, 9.17) is 5.73 Å². The van der Waals surface area contributed by atoms with Gasteiger partial charge in [-0.05, 0) is 30.7 Å². The van der Waals surface area contributed by atoms with Crippen LogP contribution in [0.25, 0.3) is 0 Å². The van der Waals surface area contributed by atoms with Crippen LogP contribution in [0.3, 0.4) is 0 Å². The lowest BCUT2D eigenvalue weighted by molar-refractivity contribution is -0.387. The van der Waals surface area contributed by atoms with Crippen LogP contribution in [0.5, 0.6) is 0 Å². The van der Waals surface area contributed by atoms with Crippen LogP contribution in [0.15, 0.2) is 35.2 Å². The van der Waals surface area contributed by atoms with Gasteiger partial charge in [-0.1, -0.05) is 6.92 Å². The second-order valence-electron chi connectivity index (χ2n) is 6.68. The lowest BCUT2D eigenvalue weighted by atomic mass is 10.2. The molecule has 0 aliphatic rings. The van der Waals surface area contributed by atoms with Crippen molar-refractivity contribution in [3.8, 4) is 0 Å². The van der Waals surface area contributed by atoms with Gasteiger partial charge in [0, 0.05) is 18.2 Å². The third-order valence-corrected chi connectivity index (χ3v) is 5.33. The van der Waals surface area contributed by atoms with E-state index in [0.717, 1.165) is 28.8 Å². The van der Waals surface area contributed by atoms with Crippen LogP contribution in [0, 0.1) is 27.6 Å². The van der Waals surface area contributed by atoms with Gasteiger partial charge in [0.05, 0.1) is 27.8 Å². The lowest BCUT2D eigenvalue weighted by Crippen LogP contribution is -2.39. The number of hydrogen-bond acceptors (Lipinski definition) is 6. The summed E-state index contributed by atoms with van der Waals surface area (Å²) < 4.78 is 40.1. The van der Waals surface area contributed by atoms with E-state index < -0.39 is 58.0 Å².